The minimum Gasteiger partial charge on any atom is -0.481 e. The molecule has 0 fully saturated rings. The summed E-state index contributed by atoms with van der Waals surface area (Å²) >= 11 is 1.35. The van der Waals surface area contributed by atoms with Crippen molar-refractivity contribution >= 4 is 22.4 Å². The molecule has 5 nitrogen and oxygen atoms in total. The van der Waals surface area contributed by atoms with Gasteiger partial charge in [0, 0.05) is 5.56 Å². The van der Waals surface area contributed by atoms with Crippen molar-refractivity contribution < 1.29 is 9.53 Å². The van der Waals surface area contributed by atoms with Gasteiger partial charge in [-0.25, -0.2) is 0 Å². The van der Waals surface area contributed by atoms with Crippen LogP contribution in [0.1, 0.15) is 30.9 Å². The van der Waals surface area contributed by atoms with Gasteiger partial charge < -0.3 is 4.74 Å². The highest BCUT2D eigenvalue weighted by atomic mass is 32.1. The number of rotatable bonds is 5. The first-order valence-electron chi connectivity index (χ1n) is 9.18. The van der Waals surface area contributed by atoms with Crippen LogP contribution in [0.4, 0.5) is 5.13 Å². The Labute approximate surface area is 162 Å². The summed E-state index contributed by atoms with van der Waals surface area (Å²) in [4.78, 5) is 12.5. The maximum absolute atomic E-state index is 12.5. The predicted octanol–water partition coefficient (Wildman–Crippen LogP) is 4.49. The number of carbonyl (C=O) groups is 1. The molecule has 2 aromatic carbocycles. The standard InChI is InChI=1S/C21H21N3O2S/c1-14(26-18-13-7-11-15-8-5-6-12-17(15)18)19(25)22-21-24-23-20(27-21)16-9-3-2-4-10-16/h2-4,7,9-11,13-14H,5-6,8,12H2,1H3,(H,22,24,25)/t14-/m0/s1. The van der Waals surface area contributed by atoms with Crippen molar-refractivity contribution in [2.45, 2.75) is 38.7 Å². The first kappa shape index (κ1) is 17.7. The lowest BCUT2D eigenvalue weighted by molar-refractivity contribution is -0.122. The fraction of sp³-hybridized carbons (Fsp3) is 0.286. The Morgan fingerprint density at radius 2 is 1.89 bits per heavy atom. The third-order valence-electron chi connectivity index (χ3n) is 4.70. The molecule has 0 spiro atoms. The van der Waals surface area contributed by atoms with Crippen molar-refractivity contribution in [2.24, 2.45) is 0 Å². The quantitative estimate of drug-likeness (QED) is 0.709. The van der Waals surface area contributed by atoms with E-state index in [1.54, 1.807) is 6.92 Å². The van der Waals surface area contributed by atoms with Crippen molar-refractivity contribution in [3.8, 4) is 16.3 Å². The van der Waals surface area contributed by atoms with Crippen molar-refractivity contribution in [3.63, 3.8) is 0 Å². The van der Waals surface area contributed by atoms with Gasteiger partial charge in [0.15, 0.2) is 6.10 Å². The summed E-state index contributed by atoms with van der Waals surface area (Å²) in [6, 6.07) is 15.9. The second-order valence-corrected chi connectivity index (χ2v) is 7.61. The summed E-state index contributed by atoms with van der Waals surface area (Å²) in [5.41, 5.74) is 3.56. The molecule has 0 unspecified atom stereocenters. The lowest BCUT2D eigenvalue weighted by atomic mass is 9.91. The van der Waals surface area contributed by atoms with Crippen molar-refractivity contribution in [1.82, 2.24) is 10.2 Å². The van der Waals surface area contributed by atoms with Gasteiger partial charge in [0.2, 0.25) is 5.13 Å². The second kappa shape index (κ2) is 7.88. The van der Waals surface area contributed by atoms with Crippen LogP contribution in [-0.4, -0.2) is 22.2 Å². The van der Waals surface area contributed by atoms with E-state index in [0.29, 0.717) is 5.13 Å². The lowest BCUT2D eigenvalue weighted by Gasteiger charge is -2.21. The predicted molar refractivity (Wildman–Crippen MR) is 107 cm³/mol. The van der Waals surface area contributed by atoms with Gasteiger partial charge >= 0.3 is 0 Å². The molecule has 0 saturated carbocycles. The SMILES string of the molecule is C[C@H](Oc1cccc2c1CCCC2)C(=O)Nc1nnc(-c2ccccc2)s1. The van der Waals surface area contributed by atoms with Gasteiger partial charge in [0.05, 0.1) is 0 Å². The molecule has 27 heavy (non-hydrogen) atoms. The van der Waals surface area contributed by atoms with Crippen LogP contribution in [0.25, 0.3) is 10.6 Å². The van der Waals surface area contributed by atoms with E-state index in [1.807, 2.05) is 42.5 Å². The van der Waals surface area contributed by atoms with E-state index in [4.69, 9.17) is 4.74 Å². The maximum atomic E-state index is 12.5. The summed E-state index contributed by atoms with van der Waals surface area (Å²) in [5.74, 6) is 0.594. The molecule has 1 amide bonds. The van der Waals surface area contributed by atoms with Crippen LogP contribution in [0.3, 0.4) is 0 Å². The van der Waals surface area contributed by atoms with Crippen LogP contribution in [0.15, 0.2) is 48.5 Å². The third kappa shape index (κ3) is 4.01. The molecular weight excluding hydrogens is 358 g/mol. The number of amides is 1. The normalized spacial score (nSPS) is 14.3. The van der Waals surface area contributed by atoms with E-state index in [9.17, 15) is 4.79 Å². The van der Waals surface area contributed by atoms with E-state index in [0.717, 1.165) is 29.2 Å². The van der Waals surface area contributed by atoms with Crippen LogP contribution in [0.5, 0.6) is 5.75 Å². The molecule has 3 aromatic rings. The largest absolute Gasteiger partial charge is 0.481 e. The zero-order valence-electron chi connectivity index (χ0n) is 15.1. The number of hydrogen-bond acceptors (Lipinski definition) is 5. The van der Waals surface area contributed by atoms with Gasteiger partial charge in [-0.15, -0.1) is 10.2 Å². The molecule has 4 rings (SSSR count). The monoisotopic (exact) mass is 379 g/mol. The second-order valence-electron chi connectivity index (χ2n) is 6.63. The molecule has 6 heteroatoms. The number of nitrogens with one attached hydrogen (secondary N) is 1. The number of fused-ring (bicyclic) bond motifs is 1. The average molecular weight is 379 g/mol. The summed E-state index contributed by atoms with van der Waals surface area (Å²) < 4.78 is 5.98. The lowest BCUT2D eigenvalue weighted by Crippen LogP contribution is -2.30. The van der Waals surface area contributed by atoms with Gasteiger partial charge in [0.25, 0.3) is 5.91 Å². The summed E-state index contributed by atoms with van der Waals surface area (Å²) in [6.07, 6.45) is 3.87. The highest BCUT2D eigenvalue weighted by Gasteiger charge is 2.20. The molecule has 0 aliphatic heterocycles. The molecule has 1 heterocycles. The van der Waals surface area contributed by atoms with Crippen molar-refractivity contribution in [3.05, 3.63) is 59.7 Å². The third-order valence-corrected chi connectivity index (χ3v) is 5.59. The van der Waals surface area contributed by atoms with E-state index in [2.05, 4.69) is 21.6 Å². The van der Waals surface area contributed by atoms with Gasteiger partial charge in [-0.1, -0.05) is 53.8 Å². The van der Waals surface area contributed by atoms with E-state index < -0.39 is 6.10 Å². The highest BCUT2D eigenvalue weighted by molar-refractivity contribution is 7.18. The van der Waals surface area contributed by atoms with E-state index in [1.165, 1.54) is 35.3 Å². The number of ether oxygens (including phenoxy) is 1. The van der Waals surface area contributed by atoms with Crippen molar-refractivity contribution in [2.75, 3.05) is 5.32 Å². The van der Waals surface area contributed by atoms with Crippen LogP contribution in [-0.2, 0) is 17.6 Å². The van der Waals surface area contributed by atoms with Gasteiger partial charge in [-0.3, -0.25) is 10.1 Å². The smallest absolute Gasteiger partial charge is 0.266 e. The molecule has 0 bridgehead atoms. The molecule has 1 atom stereocenters. The number of anilines is 1. The topological polar surface area (TPSA) is 64.1 Å². The fourth-order valence-corrected chi connectivity index (χ4v) is 4.03. The van der Waals surface area contributed by atoms with Gasteiger partial charge in [0.1, 0.15) is 10.8 Å². The van der Waals surface area contributed by atoms with Gasteiger partial charge in [-0.2, -0.15) is 0 Å². The molecule has 1 N–H and O–H groups in total. The van der Waals surface area contributed by atoms with Gasteiger partial charge in [-0.05, 0) is 49.8 Å². The number of hydrogen-bond donors (Lipinski definition) is 1. The zero-order chi connectivity index (χ0) is 18.6. The molecule has 1 aliphatic carbocycles. The maximum Gasteiger partial charge on any atom is 0.266 e. The molecule has 0 radical (unpaired) electrons. The number of aromatic nitrogens is 2. The molecular formula is C21H21N3O2S. The minimum atomic E-state index is -0.609. The Balaban J connectivity index is 1.42. The van der Waals surface area contributed by atoms with Crippen LogP contribution in [0, 0.1) is 0 Å². The van der Waals surface area contributed by atoms with E-state index >= 15 is 0 Å². The first-order valence-corrected chi connectivity index (χ1v) is 9.99. The Morgan fingerprint density at radius 3 is 2.74 bits per heavy atom. The molecule has 138 valence electrons. The summed E-state index contributed by atoms with van der Waals surface area (Å²) in [7, 11) is 0. The minimum absolute atomic E-state index is 0.223. The number of nitrogens with zero attached hydrogens (tertiary/aromatic N) is 2. The summed E-state index contributed by atoms with van der Waals surface area (Å²) in [6.45, 7) is 1.76. The van der Waals surface area contributed by atoms with Crippen LogP contribution >= 0.6 is 11.3 Å². The number of carbonyl (C=O) groups excluding carboxylic acids is 1. The van der Waals surface area contributed by atoms with Crippen molar-refractivity contribution in [1.29, 1.82) is 0 Å². The highest BCUT2D eigenvalue weighted by Crippen LogP contribution is 2.30. The Morgan fingerprint density at radius 1 is 1.07 bits per heavy atom. The Bertz CT molecular complexity index is 940. The summed E-state index contributed by atoms with van der Waals surface area (Å²) in [5, 5.41) is 12.3. The molecule has 1 aliphatic rings. The zero-order valence-corrected chi connectivity index (χ0v) is 16.0. The average Bonchev–Trinajstić information content (AvgIpc) is 3.17. The Hall–Kier alpha value is -2.73. The number of benzene rings is 2. The Kier molecular flexibility index (Phi) is 5.16. The first-order chi connectivity index (χ1) is 13.2. The number of aryl methyl sites for hydroxylation is 1. The van der Waals surface area contributed by atoms with Crippen LogP contribution in [0.2, 0.25) is 0 Å². The fourth-order valence-electron chi connectivity index (χ4n) is 3.28. The molecule has 1 aromatic heterocycles. The molecule has 0 saturated heterocycles. The van der Waals surface area contributed by atoms with Crippen LogP contribution < -0.4 is 10.1 Å². The van der Waals surface area contributed by atoms with E-state index in [-0.39, 0.29) is 5.91 Å².